The van der Waals surface area contributed by atoms with E-state index in [0.717, 1.165) is 12.0 Å². The highest BCUT2D eigenvalue weighted by atomic mass is 32.2. The van der Waals surface area contributed by atoms with Crippen molar-refractivity contribution in [3.8, 4) is 0 Å². The van der Waals surface area contributed by atoms with Crippen molar-refractivity contribution < 1.29 is 17.6 Å². The van der Waals surface area contributed by atoms with E-state index in [0.29, 0.717) is 25.2 Å². The summed E-state index contributed by atoms with van der Waals surface area (Å²) in [6.07, 6.45) is 0.996. The molecule has 176 valence electrons. The monoisotopic (exact) mass is 471 g/mol. The van der Waals surface area contributed by atoms with Gasteiger partial charge in [0.25, 0.3) is 0 Å². The molecular weight excluding hydrogens is 442 g/mol. The van der Waals surface area contributed by atoms with Gasteiger partial charge >= 0.3 is 5.76 Å². The minimum absolute atomic E-state index is 0.0877. The smallest absolute Gasteiger partial charge is 0.408 e. The van der Waals surface area contributed by atoms with Crippen LogP contribution in [0.1, 0.15) is 25.8 Å². The summed E-state index contributed by atoms with van der Waals surface area (Å²) in [5.41, 5.74) is 1.52. The molecule has 33 heavy (non-hydrogen) atoms. The molecule has 1 saturated heterocycles. The number of carbonyl (C=O) groups is 1. The second-order valence-electron chi connectivity index (χ2n) is 9.09. The van der Waals surface area contributed by atoms with Crippen LogP contribution in [0.5, 0.6) is 0 Å². The second kappa shape index (κ2) is 9.15. The van der Waals surface area contributed by atoms with Crippen molar-refractivity contribution in [1.82, 2.24) is 13.8 Å². The molecule has 1 aromatic heterocycles. The summed E-state index contributed by atoms with van der Waals surface area (Å²) in [6.45, 7) is 5.26. The first-order valence-electron chi connectivity index (χ1n) is 11.1. The summed E-state index contributed by atoms with van der Waals surface area (Å²) >= 11 is 0. The van der Waals surface area contributed by atoms with Crippen LogP contribution >= 0.6 is 0 Å². The van der Waals surface area contributed by atoms with Crippen LogP contribution in [0, 0.1) is 11.8 Å². The van der Waals surface area contributed by atoms with E-state index in [4.69, 9.17) is 4.42 Å². The van der Waals surface area contributed by atoms with Crippen LogP contribution < -0.4 is 5.76 Å². The lowest BCUT2D eigenvalue weighted by Gasteiger charge is -2.34. The third-order valence-electron chi connectivity index (χ3n) is 6.09. The van der Waals surface area contributed by atoms with E-state index in [9.17, 15) is 18.0 Å². The molecule has 3 aromatic rings. The van der Waals surface area contributed by atoms with Gasteiger partial charge in [-0.1, -0.05) is 44.2 Å². The van der Waals surface area contributed by atoms with Crippen LogP contribution in [-0.2, 0) is 27.9 Å². The Balaban J connectivity index is 1.56. The molecule has 0 saturated carbocycles. The number of benzene rings is 2. The Bertz CT molecular complexity index is 1300. The quantitative estimate of drug-likeness (QED) is 0.551. The van der Waals surface area contributed by atoms with Crippen LogP contribution in [0.4, 0.5) is 0 Å². The van der Waals surface area contributed by atoms with Crippen molar-refractivity contribution in [2.45, 2.75) is 38.3 Å². The summed E-state index contributed by atoms with van der Waals surface area (Å²) in [5.74, 6) is -0.381. The zero-order valence-corrected chi connectivity index (χ0v) is 19.9. The molecule has 1 aliphatic heterocycles. The Labute approximate surface area is 193 Å². The molecule has 0 aliphatic carbocycles. The van der Waals surface area contributed by atoms with Crippen molar-refractivity contribution in [2.24, 2.45) is 11.8 Å². The van der Waals surface area contributed by atoms with Gasteiger partial charge in [0.15, 0.2) is 5.58 Å². The summed E-state index contributed by atoms with van der Waals surface area (Å²) < 4.78 is 34.4. The van der Waals surface area contributed by atoms with Crippen LogP contribution in [-0.4, -0.2) is 48.2 Å². The second-order valence-corrected chi connectivity index (χ2v) is 11.0. The first kappa shape index (κ1) is 23.3. The predicted octanol–water partition coefficient (Wildman–Crippen LogP) is 2.92. The van der Waals surface area contributed by atoms with E-state index in [1.807, 2.05) is 44.2 Å². The summed E-state index contributed by atoms with van der Waals surface area (Å²) in [5, 5.41) is 0. The number of sulfonamides is 1. The molecule has 9 heteroatoms. The zero-order valence-electron chi connectivity index (χ0n) is 19.1. The standard InChI is InChI=1S/C24H29N3O5S/c1-17-11-18(2)14-26(13-17)33(30,31)20-9-10-21-22(12-20)32-24(29)27(21)16-23(28)25(3)15-19-7-5-4-6-8-19/h4-10,12,17-18H,11,13-16H2,1-3H3/t17-,18-/m0/s1. The van der Waals surface area contributed by atoms with Gasteiger partial charge in [0, 0.05) is 32.7 Å². The number of likely N-dealkylation sites (N-methyl/N-ethyl adjacent to an activating group) is 1. The van der Waals surface area contributed by atoms with E-state index in [1.54, 1.807) is 7.05 Å². The number of amides is 1. The highest BCUT2D eigenvalue weighted by Gasteiger charge is 2.32. The molecule has 0 spiro atoms. The summed E-state index contributed by atoms with van der Waals surface area (Å²) in [7, 11) is -2.03. The van der Waals surface area contributed by atoms with Gasteiger partial charge in [-0.15, -0.1) is 0 Å². The molecule has 1 amide bonds. The van der Waals surface area contributed by atoms with Gasteiger partial charge in [0.05, 0.1) is 10.4 Å². The van der Waals surface area contributed by atoms with Gasteiger partial charge in [0.2, 0.25) is 15.9 Å². The van der Waals surface area contributed by atoms with Gasteiger partial charge in [-0.3, -0.25) is 9.36 Å². The molecule has 2 atom stereocenters. The number of carbonyl (C=O) groups excluding carboxylic acids is 1. The number of oxazole rings is 1. The molecule has 2 aromatic carbocycles. The van der Waals surface area contributed by atoms with Crippen molar-refractivity contribution in [2.75, 3.05) is 20.1 Å². The molecule has 1 fully saturated rings. The fraction of sp³-hybridized carbons (Fsp3) is 0.417. The molecule has 0 N–H and O–H groups in total. The highest BCUT2D eigenvalue weighted by molar-refractivity contribution is 7.89. The Hall–Kier alpha value is -2.91. The Morgan fingerprint density at radius 1 is 1.09 bits per heavy atom. The van der Waals surface area contributed by atoms with Crippen molar-refractivity contribution in [3.05, 3.63) is 64.6 Å². The van der Waals surface area contributed by atoms with Gasteiger partial charge in [-0.2, -0.15) is 4.31 Å². The molecular formula is C24H29N3O5S. The average molecular weight is 472 g/mol. The molecule has 4 rings (SSSR count). The van der Waals surface area contributed by atoms with Gasteiger partial charge < -0.3 is 9.32 Å². The summed E-state index contributed by atoms with van der Waals surface area (Å²) in [6, 6.07) is 14.0. The first-order valence-corrected chi connectivity index (χ1v) is 12.5. The largest absolute Gasteiger partial charge is 0.420 e. The van der Waals surface area contributed by atoms with Crippen LogP contribution in [0.2, 0.25) is 0 Å². The van der Waals surface area contributed by atoms with E-state index in [-0.39, 0.29) is 34.8 Å². The molecule has 1 aliphatic rings. The number of piperidine rings is 1. The Kier molecular flexibility index (Phi) is 6.45. The maximum absolute atomic E-state index is 13.2. The van der Waals surface area contributed by atoms with E-state index in [1.165, 1.54) is 32.0 Å². The molecule has 0 bridgehead atoms. The van der Waals surface area contributed by atoms with Crippen molar-refractivity contribution in [3.63, 3.8) is 0 Å². The average Bonchev–Trinajstić information content (AvgIpc) is 3.08. The van der Waals surface area contributed by atoms with Crippen LogP contribution in [0.3, 0.4) is 0 Å². The molecule has 0 unspecified atom stereocenters. The van der Waals surface area contributed by atoms with Crippen LogP contribution in [0.15, 0.2) is 62.6 Å². The van der Waals surface area contributed by atoms with E-state index >= 15 is 0 Å². The predicted molar refractivity (Wildman–Crippen MR) is 125 cm³/mol. The number of rotatable bonds is 6. The maximum Gasteiger partial charge on any atom is 0.420 e. The number of aromatic nitrogens is 1. The lowest BCUT2D eigenvalue weighted by atomic mass is 9.94. The zero-order chi connectivity index (χ0) is 23.8. The molecule has 2 heterocycles. The number of hydrogen-bond acceptors (Lipinski definition) is 5. The molecule has 0 radical (unpaired) electrons. The van der Waals surface area contributed by atoms with Crippen molar-refractivity contribution in [1.29, 1.82) is 0 Å². The first-order chi connectivity index (χ1) is 15.6. The van der Waals surface area contributed by atoms with Gasteiger partial charge in [-0.25, -0.2) is 13.2 Å². The lowest BCUT2D eigenvalue weighted by Crippen LogP contribution is -2.42. The SMILES string of the molecule is C[C@H]1C[C@H](C)CN(S(=O)(=O)c2ccc3c(c2)oc(=O)n3CC(=O)N(C)Cc2ccccc2)C1. The number of hydrogen-bond donors (Lipinski definition) is 0. The fourth-order valence-corrected chi connectivity index (χ4v) is 6.20. The normalized spacial score (nSPS) is 19.6. The minimum Gasteiger partial charge on any atom is -0.408 e. The van der Waals surface area contributed by atoms with Crippen molar-refractivity contribution >= 4 is 27.0 Å². The topological polar surface area (TPSA) is 92.8 Å². The number of fused-ring (bicyclic) bond motifs is 1. The lowest BCUT2D eigenvalue weighted by molar-refractivity contribution is -0.131. The highest BCUT2D eigenvalue weighted by Crippen LogP contribution is 2.28. The third kappa shape index (κ3) is 4.89. The maximum atomic E-state index is 13.2. The van der Waals surface area contributed by atoms with E-state index in [2.05, 4.69) is 0 Å². The Morgan fingerprint density at radius 3 is 2.42 bits per heavy atom. The fourth-order valence-electron chi connectivity index (χ4n) is 4.51. The third-order valence-corrected chi connectivity index (χ3v) is 7.92. The summed E-state index contributed by atoms with van der Waals surface area (Å²) in [4.78, 5) is 26.8. The van der Waals surface area contributed by atoms with Gasteiger partial charge in [0.1, 0.15) is 6.54 Å². The number of nitrogens with zero attached hydrogens (tertiary/aromatic N) is 3. The minimum atomic E-state index is -3.71. The van der Waals surface area contributed by atoms with Gasteiger partial charge in [-0.05, 0) is 36.0 Å². The Morgan fingerprint density at radius 2 is 1.76 bits per heavy atom. The van der Waals surface area contributed by atoms with Crippen LogP contribution in [0.25, 0.3) is 11.1 Å². The molecule has 8 nitrogen and oxygen atoms in total. The van der Waals surface area contributed by atoms with E-state index < -0.39 is 15.8 Å².